The summed E-state index contributed by atoms with van der Waals surface area (Å²) in [6.07, 6.45) is 9.07. The Morgan fingerprint density at radius 3 is 2.62 bits per heavy atom. The van der Waals surface area contributed by atoms with E-state index in [9.17, 15) is 0 Å². The van der Waals surface area contributed by atoms with Gasteiger partial charge in [-0.1, -0.05) is 26.7 Å². The zero-order chi connectivity index (χ0) is 14.9. The highest BCUT2D eigenvalue weighted by Crippen LogP contribution is 2.47. The largest absolute Gasteiger partial charge is 0.378 e. The van der Waals surface area contributed by atoms with Gasteiger partial charge in [0.2, 0.25) is 0 Å². The van der Waals surface area contributed by atoms with Crippen LogP contribution >= 0.6 is 0 Å². The lowest BCUT2D eigenvalue weighted by Gasteiger charge is -2.48. The molecule has 0 aromatic heterocycles. The van der Waals surface area contributed by atoms with Gasteiger partial charge in [0.1, 0.15) is 0 Å². The van der Waals surface area contributed by atoms with Crippen LogP contribution in [0.3, 0.4) is 0 Å². The van der Waals surface area contributed by atoms with Crippen LogP contribution in [0.5, 0.6) is 0 Å². The molecule has 4 unspecified atom stereocenters. The van der Waals surface area contributed by atoms with Crippen molar-refractivity contribution in [2.75, 3.05) is 26.9 Å². The highest BCUT2D eigenvalue weighted by molar-refractivity contribution is 4.98. The number of ether oxygens (including phenoxy) is 2. The fourth-order valence-corrected chi connectivity index (χ4v) is 5.19. The van der Waals surface area contributed by atoms with E-state index in [4.69, 9.17) is 9.47 Å². The second kappa shape index (κ2) is 6.17. The van der Waals surface area contributed by atoms with Crippen LogP contribution in [-0.2, 0) is 9.47 Å². The molecule has 1 aliphatic carbocycles. The van der Waals surface area contributed by atoms with E-state index >= 15 is 0 Å². The van der Waals surface area contributed by atoms with Gasteiger partial charge in [0, 0.05) is 25.7 Å². The maximum Gasteiger partial charge on any atom is 0.0939 e. The molecule has 0 aromatic carbocycles. The molecule has 2 aliphatic heterocycles. The predicted octanol–water partition coefficient (Wildman–Crippen LogP) is 3.38. The van der Waals surface area contributed by atoms with Crippen molar-refractivity contribution in [2.45, 2.75) is 70.4 Å². The number of hydrogen-bond acceptors (Lipinski definition) is 3. The number of nitrogens with one attached hydrogen (secondary N) is 1. The van der Waals surface area contributed by atoms with Crippen LogP contribution in [0, 0.1) is 17.3 Å². The van der Waals surface area contributed by atoms with Gasteiger partial charge in [0.25, 0.3) is 0 Å². The van der Waals surface area contributed by atoms with Crippen molar-refractivity contribution in [3.8, 4) is 0 Å². The molecular weight excluding hydrogens is 262 g/mol. The lowest BCUT2D eigenvalue weighted by Crippen LogP contribution is -2.52. The molecule has 4 atom stereocenters. The summed E-state index contributed by atoms with van der Waals surface area (Å²) >= 11 is 0. The molecule has 0 amide bonds. The van der Waals surface area contributed by atoms with Crippen molar-refractivity contribution in [1.82, 2.24) is 5.32 Å². The third-order valence-corrected chi connectivity index (χ3v) is 6.46. The van der Waals surface area contributed by atoms with E-state index in [2.05, 4.69) is 26.2 Å². The van der Waals surface area contributed by atoms with Gasteiger partial charge in [-0.25, -0.2) is 0 Å². The minimum Gasteiger partial charge on any atom is -0.378 e. The van der Waals surface area contributed by atoms with Gasteiger partial charge in [-0.3, -0.25) is 0 Å². The van der Waals surface area contributed by atoms with E-state index in [-0.39, 0.29) is 5.60 Å². The van der Waals surface area contributed by atoms with Gasteiger partial charge in [0.05, 0.1) is 12.2 Å². The Bertz CT molecular complexity index is 349. The van der Waals surface area contributed by atoms with Crippen LogP contribution in [0.15, 0.2) is 0 Å². The third kappa shape index (κ3) is 3.16. The van der Waals surface area contributed by atoms with Crippen molar-refractivity contribution in [3.05, 3.63) is 0 Å². The van der Waals surface area contributed by atoms with E-state index in [0.29, 0.717) is 11.5 Å². The van der Waals surface area contributed by atoms with E-state index in [1.54, 1.807) is 0 Å². The molecule has 1 N–H and O–H groups in total. The third-order valence-electron chi connectivity index (χ3n) is 6.46. The fraction of sp³-hybridized carbons (Fsp3) is 1.00. The average molecular weight is 295 g/mol. The summed E-state index contributed by atoms with van der Waals surface area (Å²) in [5, 5.41) is 3.71. The molecule has 21 heavy (non-hydrogen) atoms. The Morgan fingerprint density at radius 2 is 1.95 bits per heavy atom. The molecule has 3 nitrogen and oxygen atoms in total. The Hall–Kier alpha value is -0.120. The Kier molecular flexibility index (Phi) is 4.63. The molecular formula is C18H33NO2. The summed E-state index contributed by atoms with van der Waals surface area (Å²) in [6.45, 7) is 7.57. The zero-order valence-electron chi connectivity index (χ0n) is 14.1. The zero-order valence-corrected chi connectivity index (χ0v) is 14.1. The molecule has 2 saturated heterocycles. The topological polar surface area (TPSA) is 30.5 Å². The van der Waals surface area contributed by atoms with Crippen LogP contribution in [0.4, 0.5) is 0 Å². The molecule has 3 aliphatic rings. The molecule has 2 heterocycles. The molecule has 0 aromatic rings. The monoisotopic (exact) mass is 295 g/mol. The summed E-state index contributed by atoms with van der Waals surface area (Å²) in [6, 6.07) is 0.640. The highest BCUT2D eigenvalue weighted by atomic mass is 16.6. The second-order valence-electron chi connectivity index (χ2n) is 8.24. The van der Waals surface area contributed by atoms with Crippen LogP contribution in [0.2, 0.25) is 0 Å². The first-order valence-electron chi connectivity index (χ1n) is 8.95. The van der Waals surface area contributed by atoms with Crippen LogP contribution in [-0.4, -0.2) is 38.5 Å². The number of rotatable bonds is 3. The van der Waals surface area contributed by atoms with Gasteiger partial charge in [-0.15, -0.1) is 0 Å². The maximum atomic E-state index is 6.14. The van der Waals surface area contributed by atoms with Gasteiger partial charge >= 0.3 is 0 Å². The molecule has 1 saturated carbocycles. The summed E-state index contributed by atoms with van der Waals surface area (Å²) in [5.41, 5.74) is 0.514. The number of hydrogen-bond donors (Lipinski definition) is 1. The van der Waals surface area contributed by atoms with Crippen molar-refractivity contribution >= 4 is 0 Å². The van der Waals surface area contributed by atoms with Crippen LogP contribution in [0.1, 0.15) is 58.8 Å². The van der Waals surface area contributed by atoms with Crippen molar-refractivity contribution < 1.29 is 9.47 Å². The lowest BCUT2D eigenvalue weighted by molar-refractivity contribution is -0.110. The molecule has 1 spiro atoms. The standard InChI is InChI=1S/C18H33NO2/c1-17(2)8-5-4-6-15(17)16(19-3)14-7-10-21-18(12-14)9-11-20-13-18/h14-16,19H,4-13H2,1-3H3. The normalized spacial score (nSPS) is 41.3. The van der Waals surface area contributed by atoms with Crippen LogP contribution < -0.4 is 5.32 Å². The van der Waals surface area contributed by atoms with Gasteiger partial charge in [0.15, 0.2) is 0 Å². The lowest BCUT2D eigenvalue weighted by atomic mass is 9.62. The Labute approximate surface area is 130 Å². The minimum absolute atomic E-state index is 0.0385. The summed E-state index contributed by atoms with van der Waals surface area (Å²) in [4.78, 5) is 0. The Morgan fingerprint density at radius 1 is 1.10 bits per heavy atom. The van der Waals surface area contributed by atoms with Gasteiger partial charge in [-0.2, -0.15) is 0 Å². The first kappa shape index (κ1) is 15.8. The average Bonchev–Trinajstić information content (AvgIpc) is 2.89. The first-order valence-corrected chi connectivity index (χ1v) is 8.95. The van der Waals surface area contributed by atoms with E-state index in [0.717, 1.165) is 38.1 Å². The summed E-state index contributed by atoms with van der Waals surface area (Å²) in [5.74, 6) is 1.55. The SMILES string of the molecule is CNC(C1CCOC2(CCOC2)C1)C1CCCCC1(C)C. The van der Waals surface area contributed by atoms with Crippen LogP contribution in [0.25, 0.3) is 0 Å². The summed E-state index contributed by atoms with van der Waals surface area (Å²) in [7, 11) is 2.17. The van der Waals surface area contributed by atoms with Crippen molar-refractivity contribution in [1.29, 1.82) is 0 Å². The second-order valence-corrected chi connectivity index (χ2v) is 8.24. The molecule has 3 rings (SSSR count). The van der Waals surface area contributed by atoms with Crippen molar-refractivity contribution in [2.24, 2.45) is 17.3 Å². The van der Waals surface area contributed by atoms with E-state index in [1.165, 1.54) is 38.5 Å². The predicted molar refractivity (Wildman–Crippen MR) is 85.4 cm³/mol. The van der Waals surface area contributed by atoms with E-state index < -0.39 is 0 Å². The quantitative estimate of drug-likeness (QED) is 0.866. The smallest absolute Gasteiger partial charge is 0.0939 e. The Balaban J connectivity index is 1.73. The van der Waals surface area contributed by atoms with Crippen molar-refractivity contribution in [3.63, 3.8) is 0 Å². The molecule has 3 heteroatoms. The van der Waals surface area contributed by atoms with Gasteiger partial charge < -0.3 is 14.8 Å². The highest BCUT2D eigenvalue weighted by Gasteiger charge is 2.46. The molecule has 0 radical (unpaired) electrons. The fourth-order valence-electron chi connectivity index (χ4n) is 5.19. The molecule has 0 bridgehead atoms. The summed E-state index contributed by atoms with van der Waals surface area (Å²) < 4.78 is 11.8. The molecule has 3 fully saturated rings. The van der Waals surface area contributed by atoms with E-state index in [1.807, 2.05) is 0 Å². The first-order chi connectivity index (χ1) is 10.1. The molecule has 122 valence electrons. The maximum absolute atomic E-state index is 6.14. The minimum atomic E-state index is 0.0385. The van der Waals surface area contributed by atoms with Gasteiger partial charge in [-0.05, 0) is 50.0 Å².